The maximum Gasteiger partial charge on any atom is 0.328 e. The summed E-state index contributed by atoms with van der Waals surface area (Å²) in [6.07, 6.45) is 0.294. The second-order valence-electron chi connectivity index (χ2n) is 6.18. The summed E-state index contributed by atoms with van der Waals surface area (Å²) in [4.78, 5) is 25.0. The lowest BCUT2D eigenvalue weighted by atomic mass is 9.99. The van der Waals surface area contributed by atoms with Gasteiger partial charge >= 0.3 is 5.97 Å². The van der Waals surface area contributed by atoms with E-state index in [4.69, 9.17) is 9.29 Å². The number of ether oxygens (including phenoxy) is 1. The third kappa shape index (κ3) is 6.47. The molecule has 0 aliphatic carbocycles. The highest BCUT2D eigenvalue weighted by Crippen LogP contribution is 2.23. The highest BCUT2D eigenvalue weighted by molar-refractivity contribution is 7.85. The van der Waals surface area contributed by atoms with E-state index in [1.807, 2.05) is 37.3 Å². The van der Waals surface area contributed by atoms with Gasteiger partial charge in [-0.1, -0.05) is 55.5 Å². The van der Waals surface area contributed by atoms with Gasteiger partial charge in [-0.15, -0.1) is 0 Å². The van der Waals surface area contributed by atoms with Crippen LogP contribution in [0.4, 0.5) is 0 Å². The monoisotopic (exact) mass is 405 g/mol. The second-order valence-corrected chi connectivity index (χ2v) is 7.75. The lowest BCUT2D eigenvalue weighted by Gasteiger charge is -2.18. The summed E-state index contributed by atoms with van der Waals surface area (Å²) < 4.78 is 36.1. The molecule has 0 bridgehead atoms. The predicted octanol–water partition coefficient (Wildman–Crippen LogP) is 2.68. The minimum absolute atomic E-state index is 0.150. The van der Waals surface area contributed by atoms with E-state index < -0.39 is 33.8 Å². The first kappa shape index (κ1) is 21.6. The molecule has 0 heterocycles. The van der Waals surface area contributed by atoms with Crippen LogP contribution in [0, 0.1) is 0 Å². The van der Waals surface area contributed by atoms with Gasteiger partial charge in [0.15, 0.2) is 0 Å². The largest absolute Gasteiger partial charge is 0.464 e. The summed E-state index contributed by atoms with van der Waals surface area (Å²) >= 11 is 0. The normalized spacial score (nSPS) is 12.2. The van der Waals surface area contributed by atoms with E-state index in [0.29, 0.717) is 17.5 Å². The van der Waals surface area contributed by atoms with Gasteiger partial charge in [-0.3, -0.25) is 9.35 Å². The Labute approximate surface area is 164 Å². The molecule has 8 heteroatoms. The average Bonchev–Trinajstić information content (AvgIpc) is 2.69. The minimum Gasteiger partial charge on any atom is -0.464 e. The molecule has 0 aromatic heterocycles. The summed E-state index contributed by atoms with van der Waals surface area (Å²) in [6.45, 7) is 1.97. The van der Waals surface area contributed by atoms with Crippen molar-refractivity contribution < 1.29 is 27.3 Å². The van der Waals surface area contributed by atoms with Crippen molar-refractivity contribution in [3.05, 3.63) is 60.2 Å². The minimum atomic E-state index is -4.28. The lowest BCUT2D eigenvalue weighted by Crippen LogP contribution is -2.43. The quantitative estimate of drug-likeness (QED) is 0.490. The van der Waals surface area contributed by atoms with Crippen LogP contribution >= 0.6 is 0 Å². The summed E-state index contributed by atoms with van der Waals surface area (Å²) in [5.41, 5.74) is 1.85. The van der Waals surface area contributed by atoms with Crippen LogP contribution in [0.1, 0.15) is 30.1 Å². The highest BCUT2D eigenvalue weighted by Gasteiger charge is 2.25. The van der Waals surface area contributed by atoms with E-state index in [1.165, 1.54) is 0 Å². The third-order valence-electron chi connectivity index (χ3n) is 3.96. The molecule has 1 amide bonds. The van der Waals surface area contributed by atoms with Crippen LogP contribution < -0.4 is 5.32 Å². The molecule has 0 spiro atoms. The van der Waals surface area contributed by atoms with Gasteiger partial charge in [-0.25, -0.2) is 4.79 Å². The van der Waals surface area contributed by atoms with Crippen LogP contribution in [-0.4, -0.2) is 43.2 Å². The first-order valence-corrected chi connectivity index (χ1v) is 10.5. The number of esters is 1. The molecule has 0 unspecified atom stereocenters. The van der Waals surface area contributed by atoms with Crippen molar-refractivity contribution in [2.75, 3.05) is 12.4 Å². The first-order valence-electron chi connectivity index (χ1n) is 8.89. The fourth-order valence-corrected chi connectivity index (χ4v) is 3.14. The Kier molecular flexibility index (Phi) is 7.71. The number of nitrogens with one attached hydrogen (secondary N) is 1. The van der Waals surface area contributed by atoms with Gasteiger partial charge < -0.3 is 10.1 Å². The number of benzene rings is 2. The molecule has 150 valence electrons. The molecular formula is C20H23NO6S. The van der Waals surface area contributed by atoms with Crippen LogP contribution in [0.2, 0.25) is 0 Å². The van der Waals surface area contributed by atoms with Crippen LogP contribution in [0.15, 0.2) is 54.6 Å². The molecule has 2 aromatic carbocycles. The zero-order valence-corrected chi connectivity index (χ0v) is 16.3. The molecule has 1 atom stereocenters. The van der Waals surface area contributed by atoms with Crippen LogP contribution in [-0.2, 0) is 19.6 Å². The van der Waals surface area contributed by atoms with Gasteiger partial charge in [-0.2, -0.15) is 8.42 Å². The van der Waals surface area contributed by atoms with Crippen molar-refractivity contribution in [1.29, 1.82) is 0 Å². The number of carbonyl (C=O) groups excluding carboxylic acids is 2. The maximum atomic E-state index is 12.8. The van der Waals surface area contributed by atoms with Crippen molar-refractivity contribution >= 4 is 22.0 Å². The number of amides is 1. The molecule has 2 N–H and O–H groups in total. The zero-order valence-electron chi connectivity index (χ0n) is 15.5. The number of rotatable bonds is 9. The number of hydrogen-bond donors (Lipinski definition) is 2. The topological polar surface area (TPSA) is 110 Å². The van der Waals surface area contributed by atoms with Gasteiger partial charge in [-0.05, 0) is 30.0 Å². The molecule has 0 aliphatic rings. The van der Waals surface area contributed by atoms with Crippen molar-refractivity contribution in [2.45, 2.75) is 25.8 Å². The fourth-order valence-electron chi connectivity index (χ4n) is 2.61. The summed E-state index contributed by atoms with van der Waals surface area (Å²) in [5.74, 6) is -1.94. The fraction of sp³-hybridized carbons (Fsp3) is 0.300. The maximum absolute atomic E-state index is 12.8. The van der Waals surface area contributed by atoms with Gasteiger partial charge in [0.25, 0.3) is 16.0 Å². The van der Waals surface area contributed by atoms with Gasteiger partial charge in [0.1, 0.15) is 6.04 Å². The van der Waals surface area contributed by atoms with E-state index in [2.05, 4.69) is 5.32 Å². The molecule has 0 fully saturated rings. The molecule has 2 rings (SSSR count). The van der Waals surface area contributed by atoms with Crippen molar-refractivity contribution in [3.8, 4) is 11.1 Å². The molecule has 0 saturated carbocycles. The van der Waals surface area contributed by atoms with Crippen molar-refractivity contribution in [3.63, 3.8) is 0 Å². The molecule has 0 saturated heterocycles. The van der Waals surface area contributed by atoms with E-state index in [1.54, 1.807) is 24.3 Å². The Morgan fingerprint density at radius 2 is 1.71 bits per heavy atom. The van der Waals surface area contributed by atoms with E-state index >= 15 is 0 Å². The molecule has 7 nitrogen and oxygen atoms in total. The lowest BCUT2D eigenvalue weighted by molar-refractivity contribution is -0.146. The van der Waals surface area contributed by atoms with Gasteiger partial charge in [0.05, 0.1) is 12.4 Å². The summed E-state index contributed by atoms with van der Waals surface area (Å²) in [6, 6.07) is 15.0. The van der Waals surface area contributed by atoms with Crippen LogP contribution in [0.5, 0.6) is 0 Å². The SMILES string of the molecule is CCCOC(=O)[C@H](CCS(=O)(=O)O)NC(=O)c1ccccc1-c1ccccc1. The molecular weight excluding hydrogens is 382 g/mol. The van der Waals surface area contributed by atoms with Crippen LogP contribution in [0.3, 0.4) is 0 Å². The predicted molar refractivity (Wildman–Crippen MR) is 105 cm³/mol. The second kappa shape index (κ2) is 10.0. The standard InChI is InChI=1S/C20H23NO6S/c1-2-13-27-20(23)18(12-14-28(24,25)26)21-19(22)17-11-7-6-10-16(17)15-8-4-3-5-9-15/h3-11,18H,2,12-14H2,1H3,(H,21,22)(H,24,25,26)/t18-/m0/s1. The Morgan fingerprint density at radius 3 is 2.36 bits per heavy atom. The van der Waals surface area contributed by atoms with E-state index in [9.17, 15) is 18.0 Å². The molecule has 28 heavy (non-hydrogen) atoms. The smallest absolute Gasteiger partial charge is 0.328 e. The van der Waals surface area contributed by atoms with Crippen LogP contribution in [0.25, 0.3) is 11.1 Å². The molecule has 2 aromatic rings. The van der Waals surface area contributed by atoms with E-state index in [-0.39, 0.29) is 13.0 Å². The highest BCUT2D eigenvalue weighted by atomic mass is 32.2. The molecule has 0 aliphatic heterocycles. The van der Waals surface area contributed by atoms with Crippen molar-refractivity contribution in [2.24, 2.45) is 0 Å². The van der Waals surface area contributed by atoms with Gasteiger partial charge in [0, 0.05) is 5.56 Å². The molecule has 0 radical (unpaired) electrons. The Bertz CT molecular complexity index is 911. The van der Waals surface area contributed by atoms with Crippen molar-refractivity contribution in [1.82, 2.24) is 5.32 Å². The number of hydrogen-bond acceptors (Lipinski definition) is 5. The zero-order chi connectivity index (χ0) is 20.6. The Balaban J connectivity index is 2.24. The van der Waals surface area contributed by atoms with Gasteiger partial charge in [0.2, 0.25) is 0 Å². The average molecular weight is 405 g/mol. The summed E-state index contributed by atoms with van der Waals surface area (Å²) in [5, 5.41) is 2.54. The Morgan fingerprint density at radius 1 is 1.07 bits per heavy atom. The number of carbonyl (C=O) groups is 2. The first-order chi connectivity index (χ1) is 13.3. The summed E-state index contributed by atoms with van der Waals surface area (Å²) in [7, 11) is -4.28. The Hall–Kier alpha value is -2.71. The van der Waals surface area contributed by atoms with E-state index in [0.717, 1.165) is 5.56 Å². The third-order valence-corrected chi connectivity index (χ3v) is 4.71.